The molecule has 1 aromatic rings. The molecule has 1 aliphatic rings. The molecule has 11 heteroatoms. The van der Waals surface area contributed by atoms with E-state index in [0.29, 0.717) is 31.9 Å². The minimum Gasteiger partial charge on any atom is -0.497 e. The molecule has 0 aliphatic carbocycles. The van der Waals surface area contributed by atoms with Crippen LogP contribution in [0.5, 0.6) is 5.75 Å². The first-order chi connectivity index (χ1) is 14.4. The molecule has 1 unspecified atom stereocenters. The van der Waals surface area contributed by atoms with Gasteiger partial charge in [-0.25, -0.2) is 0 Å². The minimum absolute atomic E-state index is 0.199. The number of hydrogen-bond acceptors (Lipinski definition) is 7. The summed E-state index contributed by atoms with van der Waals surface area (Å²) < 4.78 is 30.3. The van der Waals surface area contributed by atoms with Crippen LogP contribution in [0.15, 0.2) is 29.2 Å². The van der Waals surface area contributed by atoms with E-state index >= 15 is 0 Å². The number of amides is 2. The van der Waals surface area contributed by atoms with Crippen molar-refractivity contribution in [3.8, 4) is 5.75 Å². The molecule has 1 fully saturated rings. The van der Waals surface area contributed by atoms with Gasteiger partial charge in [-0.15, -0.1) is 0 Å². The number of piperazine rings is 1. The topological polar surface area (TPSA) is 130 Å². The zero-order valence-corrected chi connectivity index (χ0v) is 19.3. The van der Waals surface area contributed by atoms with Gasteiger partial charge < -0.3 is 20.3 Å². The van der Waals surface area contributed by atoms with E-state index in [1.165, 1.54) is 31.4 Å². The minimum atomic E-state index is -4.49. The van der Waals surface area contributed by atoms with Gasteiger partial charge in [-0.1, -0.05) is 17.9 Å². The Morgan fingerprint density at radius 1 is 1.16 bits per heavy atom. The molecular weight excluding hydrogens is 424 g/mol. The number of nitrogens with zero attached hydrogens (tertiary/aromatic N) is 3. The van der Waals surface area contributed by atoms with E-state index in [4.69, 9.17) is 10.5 Å². The van der Waals surface area contributed by atoms with Crippen LogP contribution in [0.25, 0.3) is 0 Å². The maximum atomic E-state index is 13.5. The Balaban J connectivity index is 2.38. The SMILES string of the molecule is COc1ccc(S(=O)(=O)[N+](O)(CCC(=O)N2CCN(C)CC2)[C@@H](C(N)=O)C(C)C)cc1. The van der Waals surface area contributed by atoms with Crippen LogP contribution in [0.1, 0.15) is 20.3 Å². The van der Waals surface area contributed by atoms with Crippen LogP contribution in [-0.2, 0) is 19.6 Å². The van der Waals surface area contributed by atoms with Gasteiger partial charge in [-0.2, -0.15) is 13.6 Å². The van der Waals surface area contributed by atoms with Crippen molar-refractivity contribution in [3.63, 3.8) is 0 Å². The number of likely N-dealkylation sites (N-methyl/N-ethyl adjacent to an activating group) is 1. The molecular formula is C20H33N4O6S+. The lowest BCUT2D eigenvalue weighted by molar-refractivity contribution is -1.02. The maximum absolute atomic E-state index is 13.5. The summed E-state index contributed by atoms with van der Waals surface area (Å²) in [6, 6.07) is 4.02. The lowest BCUT2D eigenvalue weighted by Crippen LogP contribution is -2.64. The molecule has 1 heterocycles. The van der Waals surface area contributed by atoms with Crippen LogP contribution in [0.4, 0.5) is 0 Å². The van der Waals surface area contributed by atoms with Crippen LogP contribution in [0.3, 0.4) is 0 Å². The number of ether oxygens (including phenoxy) is 1. The maximum Gasteiger partial charge on any atom is 0.357 e. The molecule has 2 amide bonds. The summed E-state index contributed by atoms with van der Waals surface area (Å²) in [4.78, 5) is 28.5. The number of benzene rings is 1. The van der Waals surface area contributed by atoms with Crippen molar-refractivity contribution in [2.45, 2.75) is 31.2 Å². The van der Waals surface area contributed by atoms with Crippen molar-refractivity contribution < 1.29 is 32.0 Å². The normalized spacial score (nSPS) is 18.5. The Kier molecular flexibility index (Phi) is 8.04. The Bertz CT molecular complexity index is 881. The van der Waals surface area contributed by atoms with Crippen LogP contribution >= 0.6 is 0 Å². The van der Waals surface area contributed by atoms with Crippen LogP contribution in [0, 0.1) is 5.92 Å². The van der Waals surface area contributed by atoms with Crippen molar-refractivity contribution in [2.24, 2.45) is 11.7 Å². The average Bonchev–Trinajstić information content (AvgIpc) is 2.71. The van der Waals surface area contributed by atoms with Crippen LogP contribution < -0.4 is 10.5 Å². The number of primary amides is 1. The van der Waals surface area contributed by atoms with Gasteiger partial charge in [-0.05, 0) is 31.3 Å². The van der Waals surface area contributed by atoms with E-state index in [0.717, 1.165) is 0 Å². The van der Waals surface area contributed by atoms with Crippen molar-refractivity contribution in [2.75, 3.05) is 46.9 Å². The lowest BCUT2D eigenvalue weighted by Gasteiger charge is -2.37. The number of rotatable bonds is 9. The van der Waals surface area contributed by atoms with Gasteiger partial charge in [0.05, 0.1) is 13.5 Å². The van der Waals surface area contributed by atoms with Gasteiger partial charge in [0.2, 0.25) is 11.9 Å². The van der Waals surface area contributed by atoms with Crippen molar-refractivity contribution in [1.82, 2.24) is 9.80 Å². The molecule has 2 atom stereocenters. The first-order valence-corrected chi connectivity index (χ1v) is 11.6. The fraction of sp³-hybridized carbons (Fsp3) is 0.600. The summed E-state index contributed by atoms with van der Waals surface area (Å²) in [5, 5.41) is 11.4. The summed E-state index contributed by atoms with van der Waals surface area (Å²) in [6.45, 7) is 5.18. The molecule has 0 bridgehead atoms. The van der Waals surface area contributed by atoms with Crippen molar-refractivity contribution in [1.29, 1.82) is 0 Å². The van der Waals surface area contributed by atoms with E-state index in [1.54, 1.807) is 18.7 Å². The summed E-state index contributed by atoms with van der Waals surface area (Å²) in [6.07, 6.45) is -0.244. The second-order valence-corrected chi connectivity index (χ2v) is 10.2. The van der Waals surface area contributed by atoms with E-state index in [-0.39, 0.29) is 17.2 Å². The quantitative estimate of drug-likeness (QED) is 0.402. The van der Waals surface area contributed by atoms with Gasteiger partial charge in [0.25, 0.3) is 5.91 Å². The first kappa shape index (κ1) is 25.1. The fourth-order valence-electron chi connectivity index (χ4n) is 3.80. The van der Waals surface area contributed by atoms with E-state index in [9.17, 15) is 23.2 Å². The molecule has 1 aromatic carbocycles. The first-order valence-electron chi connectivity index (χ1n) is 10.2. The standard InChI is InChI=1S/C20H32N4O6S/c1-15(2)19(20(21)26)24(27,14-9-18(25)23-12-10-22(3)11-13-23)31(28,29)17-7-5-16(30-4)6-8-17/h5-8,15,19,27H,9-14H2,1-4H3,(H-,21,26)/p+1/t19-,24?/m1/s1. The Hall–Kier alpha value is -2.21. The summed E-state index contributed by atoms with van der Waals surface area (Å²) in [5.74, 6) is -1.38. The third kappa shape index (κ3) is 5.35. The summed E-state index contributed by atoms with van der Waals surface area (Å²) in [7, 11) is -1.09. The highest BCUT2D eigenvalue weighted by molar-refractivity contribution is 7.85. The van der Waals surface area contributed by atoms with E-state index in [1.807, 2.05) is 7.05 Å². The van der Waals surface area contributed by atoms with Gasteiger partial charge >= 0.3 is 10.0 Å². The largest absolute Gasteiger partial charge is 0.497 e. The lowest BCUT2D eigenvalue weighted by atomic mass is 10.0. The molecule has 1 saturated heterocycles. The molecule has 0 radical (unpaired) electrons. The number of hydrogen-bond donors (Lipinski definition) is 2. The molecule has 0 aromatic heterocycles. The highest BCUT2D eigenvalue weighted by atomic mass is 32.2. The zero-order chi connectivity index (χ0) is 23.4. The fourth-order valence-corrected chi connectivity index (χ4v) is 5.63. The number of methoxy groups -OCH3 is 1. The molecule has 10 nitrogen and oxygen atoms in total. The Morgan fingerprint density at radius 3 is 2.16 bits per heavy atom. The van der Waals surface area contributed by atoms with E-state index in [2.05, 4.69) is 4.90 Å². The van der Waals surface area contributed by atoms with Gasteiger partial charge in [-0.3, -0.25) is 9.59 Å². The molecule has 31 heavy (non-hydrogen) atoms. The highest BCUT2D eigenvalue weighted by Crippen LogP contribution is 2.30. The third-order valence-corrected chi connectivity index (χ3v) is 7.74. The number of hydroxylamine groups is 2. The molecule has 2 rings (SSSR count). The summed E-state index contributed by atoms with van der Waals surface area (Å²) in [5.41, 5.74) is 5.51. The van der Waals surface area contributed by atoms with Crippen molar-refractivity contribution >= 4 is 21.8 Å². The van der Waals surface area contributed by atoms with Crippen LogP contribution in [0.2, 0.25) is 0 Å². The Labute approximate surface area is 183 Å². The van der Waals surface area contributed by atoms with E-state index < -0.39 is 38.5 Å². The summed E-state index contributed by atoms with van der Waals surface area (Å²) >= 11 is 0. The number of quaternary nitrogens is 1. The van der Waals surface area contributed by atoms with Crippen LogP contribution in [-0.4, -0.2) is 92.2 Å². The predicted octanol–water partition coefficient (Wildman–Crippen LogP) is 0.264. The number of nitrogens with two attached hydrogens (primary N) is 1. The number of carbonyl (C=O) groups is 2. The molecule has 0 saturated carbocycles. The molecule has 3 N–H and O–H groups in total. The third-order valence-electron chi connectivity index (χ3n) is 5.63. The molecule has 0 spiro atoms. The monoisotopic (exact) mass is 457 g/mol. The Morgan fingerprint density at radius 2 is 1.71 bits per heavy atom. The van der Waals surface area contributed by atoms with Gasteiger partial charge in [0, 0.05) is 32.1 Å². The number of sulfonamides is 1. The second-order valence-electron chi connectivity index (χ2n) is 8.16. The highest BCUT2D eigenvalue weighted by Gasteiger charge is 2.54. The van der Waals surface area contributed by atoms with Crippen molar-refractivity contribution in [3.05, 3.63) is 24.3 Å². The zero-order valence-electron chi connectivity index (χ0n) is 18.5. The van der Waals surface area contributed by atoms with Gasteiger partial charge in [0.1, 0.15) is 17.2 Å². The smallest absolute Gasteiger partial charge is 0.357 e. The average molecular weight is 458 g/mol. The second kappa shape index (κ2) is 9.94. The molecule has 174 valence electrons. The number of carbonyl (C=O) groups excluding carboxylic acids is 2. The predicted molar refractivity (Wildman–Crippen MR) is 114 cm³/mol. The van der Waals surface area contributed by atoms with Gasteiger partial charge in [0.15, 0.2) is 0 Å². The molecule has 1 aliphatic heterocycles.